The molecular weight excluding hydrogens is 306 g/mol. The van der Waals surface area contributed by atoms with Crippen LogP contribution >= 0.6 is 0 Å². The minimum absolute atomic E-state index is 0.935. The van der Waals surface area contributed by atoms with Crippen LogP contribution in [-0.2, 0) is 14.3 Å². The smallest absolute Gasteiger partial charge is 0.338 e. The Kier molecular flexibility index (Phi) is 5.46. The second-order valence-electron chi connectivity index (χ2n) is 5.18. The van der Waals surface area contributed by atoms with Gasteiger partial charge in [0.1, 0.15) is 30.0 Å². The molecule has 1 saturated heterocycles. The fraction of sp³-hybridized carbons (Fsp3) is 0.818. The molecule has 0 aliphatic carbocycles. The highest BCUT2D eigenvalue weighted by Crippen LogP contribution is 2.42. The number of hydrogen-bond donors (Lipinski definition) is 8. The van der Waals surface area contributed by atoms with Crippen molar-refractivity contribution in [2.45, 2.75) is 42.0 Å². The van der Waals surface area contributed by atoms with Crippen LogP contribution in [0.1, 0.15) is 6.42 Å². The lowest BCUT2D eigenvalue weighted by molar-refractivity contribution is -0.182. The topological polar surface area (TPSA) is 211 Å². The third kappa shape index (κ3) is 2.79. The van der Waals surface area contributed by atoms with Crippen molar-refractivity contribution in [2.75, 3.05) is 13.2 Å². The average Bonchev–Trinajstić information content (AvgIpc) is 2.69. The van der Waals surface area contributed by atoms with E-state index in [-0.39, 0.29) is 0 Å². The number of carbonyl (C=O) groups is 2. The maximum Gasteiger partial charge on any atom is 0.338 e. The molecule has 0 amide bonds. The van der Waals surface area contributed by atoms with E-state index in [0.717, 1.165) is 0 Å². The molecule has 0 aromatic rings. The van der Waals surface area contributed by atoms with Crippen LogP contribution < -0.4 is 5.73 Å². The molecule has 0 saturated carbocycles. The van der Waals surface area contributed by atoms with Gasteiger partial charge in [-0.05, 0) is 0 Å². The van der Waals surface area contributed by atoms with Crippen molar-refractivity contribution in [3.8, 4) is 0 Å². The van der Waals surface area contributed by atoms with Crippen molar-refractivity contribution in [3.05, 3.63) is 0 Å². The summed E-state index contributed by atoms with van der Waals surface area (Å²) in [6.45, 7) is -2.16. The highest BCUT2D eigenvalue weighted by atomic mass is 16.6. The normalized spacial score (nSPS) is 37.7. The van der Waals surface area contributed by atoms with Gasteiger partial charge in [-0.25, -0.2) is 4.79 Å². The van der Waals surface area contributed by atoms with Gasteiger partial charge in [0.05, 0.1) is 13.2 Å². The molecule has 128 valence electrons. The molecule has 22 heavy (non-hydrogen) atoms. The second kappa shape index (κ2) is 6.42. The van der Waals surface area contributed by atoms with Gasteiger partial charge in [-0.3, -0.25) is 4.79 Å². The molecule has 0 spiro atoms. The highest BCUT2D eigenvalue weighted by Gasteiger charge is 2.68. The molecule has 1 heterocycles. The number of rotatable bonds is 7. The van der Waals surface area contributed by atoms with Crippen LogP contribution in [0.4, 0.5) is 0 Å². The minimum atomic E-state index is -2.67. The van der Waals surface area contributed by atoms with E-state index in [0.29, 0.717) is 0 Å². The predicted octanol–water partition coefficient (Wildman–Crippen LogP) is -4.55. The molecule has 11 heteroatoms. The van der Waals surface area contributed by atoms with Crippen molar-refractivity contribution in [1.29, 1.82) is 0 Å². The summed E-state index contributed by atoms with van der Waals surface area (Å²) < 4.78 is 4.99. The molecule has 0 aromatic carbocycles. The van der Waals surface area contributed by atoms with Crippen LogP contribution in [0.15, 0.2) is 0 Å². The highest BCUT2D eigenvalue weighted by molar-refractivity contribution is 5.82. The van der Waals surface area contributed by atoms with Gasteiger partial charge in [0.15, 0.2) is 5.60 Å². The van der Waals surface area contributed by atoms with Crippen molar-refractivity contribution < 1.29 is 50.1 Å². The van der Waals surface area contributed by atoms with E-state index in [1.807, 2.05) is 0 Å². The number of nitrogens with two attached hydrogens (primary N) is 1. The van der Waals surface area contributed by atoms with Gasteiger partial charge in [-0.1, -0.05) is 0 Å². The van der Waals surface area contributed by atoms with E-state index < -0.39 is 67.1 Å². The average molecular weight is 325 g/mol. The van der Waals surface area contributed by atoms with Crippen molar-refractivity contribution in [2.24, 2.45) is 5.73 Å². The van der Waals surface area contributed by atoms with Gasteiger partial charge < -0.3 is 46.2 Å². The number of hydrogen-bond acceptors (Lipinski definition) is 9. The molecule has 1 aliphatic rings. The Morgan fingerprint density at radius 3 is 2.18 bits per heavy atom. The largest absolute Gasteiger partial charge is 0.480 e. The van der Waals surface area contributed by atoms with Crippen molar-refractivity contribution >= 4 is 11.9 Å². The second-order valence-corrected chi connectivity index (χ2v) is 5.18. The van der Waals surface area contributed by atoms with Crippen LogP contribution in [0.5, 0.6) is 0 Å². The summed E-state index contributed by atoms with van der Waals surface area (Å²) in [6, 6.07) is -1.75. The van der Waals surface area contributed by atoms with Crippen LogP contribution in [0, 0.1) is 0 Å². The van der Waals surface area contributed by atoms with E-state index in [1.54, 1.807) is 0 Å². The summed E-state index contributed by atoms with van der Waals surface area (Å²) in [5, 5.41) is 66.2. The number of carboxylic acid groups (broad SMARTS) is 2. The summed E-state index contributed by atoms with van der Waals surface area (Å²) >= 11 is 0. The Labute approximate surface area is 124 Å². The van der Waals surface area contributed by atoms with Gasteiger partial charge in [-0.2, -0.15) is 0 Å². The molecule has 1 aliphatic heterocycles. The molecule has 0 unspecified atom stereocenters. The van der Waals surface area contributed by atoms with Crippen LogP contribution in [-0.4, -0.2) is 96.5 Å². The zero-order valence-corrected chi connectivity index (χ0v) is 11.4. The zero-order chi connectivity index (χ0) is 17.3. The fourth-order valence-corrected chi connectivity index (χ4v) is 2.46. The van der Waals surface area contributed by atoms with Gasteiger partial charge in [-0.15, -0.1) is 0 Å². The van der Waals surface area contributed by atoms with Gasteiger partial charge >= 0.3 is 11.9 Å². The monoisotopic (exact) mass is 325 g/mol. The SMILES string of the molecule is N[C@@H](C[C@@]1(C(=O)O)O[C@H]([C@H](O)CO)[C@@](O)(CO)[C@@H]1O)C(=O)O. The van der Waals surface area contributed by atoms with Crippen molar-refractivity contribution in [1.82, 2.24) is 0 Å². The minimum Gasteiger partial charge on any atom is -0.480 e. The van der Waals surface area contributed by atoms with E-state index in [4.69, 9.17) is 20.7 Å². The molecule has 1 fully saturated rings. The lowest BCUT2D eigenvalue weighted by Crippen LogP contribution is -2.60. The van der Waals surface area contributed by atoms with Gasteiger partial charge in [0.2, 0.25) is 0 Å². The Morgan fingerprint density at radius 1 is 1.27 bits per heavy atom. The standard InChI is InChI=1S/C11H19NO10/c12-4(7(16)17)1-11(9(19)20)8(18)10(21,3-14)6(22-11)5(15)2-13/h4-6,8,13-15,18,21H,1-3,12H2,(H,16,17)(H,19,20)/t4-,5+,6+,8-,10-,11+/m0/s1. The van der Waals surface area contributed by atoms with E-state index in [9.17, 15) is 35.1 Å². The number of aliphatic hydroxyl groups excluding tert-OH is 4. The number of aliphatic hydroxyl groups is 5. The first-order chi connectivity index (χ1) is 10.1. The summed E-state index contributed by atoms with van der Waals surface area (Å²) in [7, 11) is 0. The first-order valence-corrected chi connectivity index (χ1v) is 6.26. The summed E-state index contributed by atoms with van der Waals surface area (Å²) in [6.07, 6.45) is -6.92. The fourth-order valence-electron chi connectivity index (χ4n) is 2.46. The lowest BCUT2D eigenvalue weighted by Gasteiger charge is -2.32. The Bertz CT molecular complexity index is 445. The predicted molar refractivity (Wildman–Crippen MR) is 66.6 cm³/mol. The van der Waals surface area contributed by atoms with Crippen LogP contribution in [0.25, 0.3) is 0 Å². The third-order valence-corrected chi connectivity index (χ3v) is 3.74. The number of ether oxygens (including phenoxy) is 1. The maximum atomic E-state index is 11.5. The van der Waals surface area contributed by atoms with Crippen LogP contribution in [0.2, 0.25) is 0 Å². The Morgan fingerprint density at radius 2 is 1.82 bits per heavy atom. The lowest BCUT2D eigenvalue weighted by atomic mass is 9.80. The maximum absolute atomic E-state index is 11.5. The molecule has 9 N–H and O–H groups in total. The molecular formula is C11H19NO10. The zero-order valence-electron chi connectivity index (χ0n) is 11.4. The molecule has 11 nitrogen and oxygen atoms in total. The first-order valence-electron chi connectivity index (χ1n) is 6.26. The van der Waals surface area contributed by atoms with Crippen molar-refractivity contribution in [3.63, 3.8) is 0 Å². The molecule has 0 radical (unpaired) electrons. The van der Waals surface area contributed by atoms with E-state index in [1.165, 1.54) is 0 Å². The number of aliphatic carboxylic acids is 2. The third-order valence-electron chi connectivity index (χ3n) is 3.74. The first kappa shape index (κ1) is 18.7. The summed E-state index contributed by atoms with van der Waals surface area (Å²) in [5.74, 6) is -3.41. The molecule has 0 bridgehead atoms. The summed E-state index contributed by atoms with van der Waals surface area (Å²) in [5.41, 5.74) is -0.0412. The van der Waals surface area contributed by atoms with E-state index >= 15 is 0 Å². The number of carboxylic acids is 2. The van der Waals surface area contributed by atoms with E-state index in [2.05, 4.69) is 0 Å². The Hall–Kier alpha value is -1.34. The molecule has 0 aromatic heterocycles. The molecule has 6 atom stereocenters. The quantitative estimate of drug-likeness (QED) is 0.223. The molecule has 1 rings (SSSR count). The van der Waals surface area contributed by atoms with Gasteiger partial charge in [0.25, 0.3) is 0 Å². The van der Waals surface area contributed by atoms with Gasteiger partial charge in [0, 0.05) is 6.42 Å². The Balaban J connectivity index is 3.29. The summed E-state index contributed by atoms with van der Waals surface area (Å²) in [4.78, 5) is 22.3. The van der Waals surface area contributed by atoms with Crippen LogP contribution in [0.3, 0.4) is 0 Å².